The van der Waals surface area contributed by atoms with Gasteiger partial charge in [-0.3, -0.25) is 4.79 Å². The summed E-state index contributed by atoms with van der Waals surface area (Å²) in [6.45, 7) is 0.0635. The lowest BCUT2D eigenvalue weighted by Gasteiger charge is -2.24. The normalized spacial score (nSPS) is 19.1. The highest BCUT2D eigenvalue weighted by Gasteiger charge is 2.25. The van der Waals surface area contributed by atoms with Crippen LogP contribution in [0.5, 0.6) is 11.5 Å². The topological polar surface area (TPSA) is 61.6 Å². The lowest BCUT2D eigenvalue weighted by atomic mass is 10.2. The molecule has 0 saturated carbocycles. The highest BCUT2D eigenvalue weighted by Crippen LogP contribution is 2.31. The Kier molecular flexibility index (Phi) is 1.99. The number of carbonyl (C=O) groups is 1. The van der Waals surface area contributed by atoms with E-state index in [1.165, 1.54) is 12.1 Å². The van der Waals surface area contributed by atoms with E-state index in [0.717, 1.165) is 6.07 Å². The van der Waals surface area contributed by atoms with Gasteiger partial charge in [-0.1, -0.05) is 0 Å². The first-order valence-electron chi connectivity index (χ1n) is 4.05. The Morgan fingerprint density at radius 3 is 3.00 bits per heavy atom. The maximum absolute atomic E-state index is 12.8. The van der Waals surface area contributed by atoms with E-state index in [1.54, 1.807) is 0 Å². The van der Waals surface area contributed by atoms with Gasteiger partial charge in [0.2, 0.25) is 6.10 Å². The summed E-state index contributed by atoms with van der Waals surface area (Å²) in [4.78, 5) is 10.8. The van der Waals surface area contributed by atoms with E-state index in [0.29, 0.717) is 5.75 Å². The van der Waals surface area contributed by atoms with E-state index >= 15 is 0 Å². The van der Waals surface area contributed by atoms with Crippen LogP contribution in [0.1, 0.15) is 0 Å². The minimum atomic E-state index is -0.843. The van der Waals surface area contributed by atoms with E-state index in [1.807, 2.05) is 0 Å². The fourth-order valence-corrected chi connectivity index (χ4v) is 1.19. The van der Waals surface area contributed by atoms with Crippen LogP contribution < -0.4 is 15.2 Å². The maximum atomic E-state index is 12.8. The number of nitrogens with two attached hydrogens (primary N) is 1. The largest absolute Gasteiger partial charge is 0.485 e. The molecule has 0 fully saturated rings. The summed E-state index contributed by atoms with van der Waals surface area (Å²) in [5, 5.41) is 0. The molecule has 1 aliphatic rings. The molecule has 74 valence electrons. The van der Waals surface area contributed by atoms with Crippen LogP contribution in [0.15, 0.2) is 18.2 Å². The summed E-state index contributed by atoms with van der Waals surface area (Å²) >= 11 is 0. The van der Waals surface area contributed by atoms with Gasteiger partial charge in [-0.05, 0) is 12.1 Å². The molecule has 1 aromatic carbocycles. The van der Waals surface area contributed by atoms with Crippen molar-refractivity contribution in [2.45, 2.75) is 6.10 Å². The van der Waals surface area contributed by atoms with Gasteiger partial charge in [0.05, 0.1) is 0 Å². The zero-order chi connectivity index (χ0) is 10.1. The lowest BCUT2D eigenvalue weighted by molar-refractivity contribution is -0.127. The molecule has 1 amide bonds. The quantitative estimate of drug-likeness (QED) is 0.711. The van der Waals surface area contributed by atoms with Crippen molar-refractivity contribution in [2.75, 3.05) is 6.61 Å². The SMILES string of the molecule is NC(=O)C1COc2ccc(F)cc2O1. The van der Waals surface area contributed by atoms with Crippen molar-refractivity contribution in [1.82, 2.24) is 0 Å². The molecule has 1 aliphatic heterocycles. The van der Waals surface area contributed by atoms with Crippen molar-refractivity contribution in [1.29, 1.82) is 0 Å². The van der Waals surface area contributed by atoms with Crippen LogP contribution in [0, 0.1) is 5.82 Å². The highest BCUT2D eigenvalue weighted by atomic mass is 19.1. The number of fused-ring (bicyclic) bond motifs is 1. The Labute approximate surface area is 79.4 Å². The average Bonchev–Trinajstić information content (AvgIpc) is 2.16. The van der Waals surface area contributed by atoms with Crippen LogP contribution in [0.2, 0.25) is 0 Å². The van der Waals surface area contributed by atoms with Gasteiger partial charge in [-0.2, -0.15) is 0 Å². The number of hydrogen-bond acceptors (Lipinski definition) is 3. The fraction of sp³-hybridized carbons (Fsp3) is 0.222. The monoisotopic (exact) mass is 197 g/mol. The molecule has 0 bridgehead atoms. The molecule has 0 aromatic heterocycles. The Hall–Kier alpha value is -1.78. The van der Waals surface area contributed by atoms with Gasteiger partial charge < -0.3 is 15.2 Å². The zero-order valence-electron chi connectivity index (χ0n) is 7.20. The number of halogens is 1. The molecule has 1 aromatic rings. The van der Waals surface area contributed by atoms with Gasteiger partial charge >= 0.3 is 0 Å². The summed E-state index contributed by atoms with van der Waals surface area (Å²) in [5.74, 6) is -0.443. The van der Waals surface area contributed by atoms with Crippen molar-refractivity contribution in [3.05, 3.63) is 24.0 Å². The van der Waals surface area contributed by atoms with Gasteiger partial charge in [0.1, 0.15) is 12.4 Å². The Morgan fingerprint density at radius 2 is 2.29 bits per heavy atom. The number of ether oxygens (including phenoxy) is 2. The molecule has 5 heteroatoms. The minimum absolute atomic E-state index is 0.0635. The highest BCUT2D eigenvalue weighted by molar-refractivity contribution is 5.79. The second-order valence-corrected chi connectivity index (χ2v) is 2.91. The standard InChI is InChI=1S/C9H8FNO3/c10-5-1-2-6-7(3-5)14-8(4-13-6)9(11)12/h1-3,8H,4H2,(H2,11,12). The van der Waals surface area contributed by atoms with E-state index in [9.17, 15) is 9.18 Å². The Morgan fingerprint density at radius 1 is 1.50 bits per heavy atom. The number of carbonyl (C=O) groups excluding carboxylic acids is 1. The van der Waals surface area contributed by atoms with Gasteiger partial charge in [0, 0.05) is 6.07 Å². The number of amides is 1. The molecule has 0 aliphatic carbocycles. The second kappa shape index (κ2) is 3.17. The predicted molar refractivity (Wildman–Crippen MR) is 45.5 cm³/mol. The predicted octanol–water partition coefficient (Wildman–Crippen LogP) is 0.451. The zero-order valence-corrected chi connectivity index (χ0v) is 7.20. The maximum Gasteiger partial charge on any atom is 0.262 e. The van der Waals surface area contributed by atoms with Crippen molar-refractivity contribution in [2.24, 2.45) is 5.73 Å². The fourth-order valence-electron chi connectivity index (χ4n) is 1.19. The molecular formula is C9H8FNO3. The summed E-state index contributed by atoms with van der Waals surface area (Å²) in [6.07, 6.45) is -0.843. The number of primary amides is 1. The molecule has 0 radical (unpaired) electrons. The summed E-state index contributed by atoms with van der Waals surface area (Å²) in [7, 11) is 0. The number of hydrogen-bond donors (Lipinski definition) is 1. The third-order valence-corrected chi connectivity index (χ3v) is 1.88. The van der Waals surface area contributed by atoms with Crippen molar-refractivity contribution >= 4 is 5.91 Å². The Bertz CT molecular complexity index is 380. The van der Waals surface area contributed by atoms with E-state index in [4.69, 9.17) is 15.2 Å². The molecule has 4 nitrogen and oxygen atoms in total. The average molecular weight is 197 g/mol. The first-order valence-corrected chi connectivity index (χ1v) is 4.05. The number of rotatable bonds is 1. The van der Waals surface area contributed by atoms with Crippen LogP contribution in [0.3, 0.4) is 0 Å². The summed E-state index contributed by atoms with van der Waals surface area (Å²) < 4.78 is 23.1. The van der Waals surface area contributed by atoms with Crippen molar-refractivity contribution in [3.63, 3.8) is 0 Å². The van der Waals surface area contributed by atoms with Crippen LogP contribution in [-0.2, 0) is 4.79 Å². The number of benzene rings is 1. The molecule has 14 heavy (non-hydrogen) atoms. The Balaban J connectivity index is 2.29. The van der Waals surface area contributed by atoms with Gasteiger partial charge in [-0.25, -0.2) is 4.39 Å². The molecule has 2 rings (SSSR count). The van der Waals surface area contributed by atoms with Gasteiger partial charge in [0.15, 0.2) is 11.5 Å². The van der Waals surface area contributed by atoms with Crippen LogP contribution in [0.4, 0.5) is 4.39 Å². The molecule has 1 atom stereocenters. The molecular weight excluding hydrogens is 189 g/mol. The van der Waals surface area contributed by atoms with E-state index < -0.39 is 17.8 Å². The summed E-state index contributed by atoms with van der Waals surface area (Å²) in [6, 6.07) is 3.86. The van der Waals surface area contributed by atoms with Crippen molar-refractivity contribution < 1.29 is 18.7 Å². The second-order valence-electron chi connectivity index (χ2n) is 2.91. The summed E-state index contributed by atoms with van der Waals surface area (Å²) in [5.41, 5.74) is 5.02. The van der Waals surface area contributed by atoms with E-state index in [-0.39, 0.29) is 12.4 Å². The first-order chi connectivity index (χ1) is 6.66. The van der Waals surface area contributed by atoms with Crippen molar-refractivity contribution in [3.8, 4) is 11.5 Å². The van der Waals surface area contributed by atoms with Gasteiger partial charge in [0.25, 0.3) is 5.91 Å². The van der Waals surface area contributed by atoms with Crippen LogP contribution in [0.25, 0.3) is 0 Å². The molecule has 1 unspecified atom stereocenters. The van der Waals surface area contributed by atoms with Crippen LogP contribution in [-0.4, -0.2) is 18.6 Å². The van der Waals surface area contributed by atoms with E-state index in [2.05, 4.69) is 0 Å². The first kappa shape index (κ1) is 8.80. The minimum Gasteiger partial charge on any atom is -0.485 e. The molecule has 0 saturated heterocycles. The molecule has 1 heterocycles. The van der Waals surface area contributed by atoms with Gasteiger partial charge in [-0.15, -0.1) is 0 Å². The van der Waals surface area contributed by atoms with Crippen LogP contribution >= 0.6 is 0 Å². The smallest absolute Gasteiger partial charge is 0.262 e. The lowest BCUT2D eigenvalue weighted by Crippen LogP contribution is -2.40. The molecule has 0 spiro atoms. The molecule has 2 N–H and O–H groups in total. The third-order valence-electron chi connectivity index (χ3n) is 1.88. The third kappa shape index (κ3) is 1.48.